The van der Waals surface area contributed by atoms with E-state index < -0.39 is 0 Å². The number of aryl methyl sites for hydroxylation is 2. The Labute approximate surface area is 140 Å². The molecule has 112 valence electrons. The largest absolute Gasteiger partial charge is 2.00 e. The van der Waals surface area contributed by atoms with Gasteiger partial charge in [-0.3, -0.25) is 0 Å². The van der Waals surface area contributed by atoms with Crippen molar-refractivity contribution >= 4 is 18.6 Å². The van der Waals surface area contributed by atoms with Gasteiger partial charge >= 0.3 is 27.0 Å². The van der Waals surface area contributed by atoms with Crippen molar-refractivity contribution in [2.24, 2.45) is 0 Å². The molecule has 2 N–H and O–H groups in total. The molecule has 0 heterocycles. The average Bonchev–Trinajstić information content (AvgIpc) is 2.37. The smallest absolute Gasteiger partial charge is 0.793 e. The number of rotatable bonds is 7. The predicted octanol–water partition coefficient (Wildman–Crippen LogP) is 3.13. The van der Waals surface area contributed by atoms with E-state index in [1.54, 1.807) is 0 Å². The van der Waals surface area contributed by atoms with E-state index >= 15 is 0 Å². The van der Waals surface area contributed by atoms with Crippen LogP contribution in [0, 0.1) is 6.92 Å². The molecular formula is C14H21NO3SW. The molecule has 1 aromatic rings. The summed E-state index contributed by atoms with van der Waals surface area (Å²) in [6, 6.07) is 6.03. The Morgan fingerprint density at radius 1 is 1.30 bits per heavy atom. The molecule has 0 saturated carbocycles. The molecule has 20 heavy (non-hydrogen) atoms. The summed E-state index contributed by atoms with van der Waals surface area (Å²) in [7, 11) is 1.35. The molecule has 1 aromatic carbocycles. The van der Waals surface area contributed by atoms with Crippen LogP contribution >= 0.6 is 0 Å². The van der Waals surface area contributed by atoms with Gasteiger partial charge in [0.1, 0.15) is 5.75 Å². The minimum atomic E-state index is -0.371. The summed E-state index contributed by atoms with van der Waals surface area (Å²) in [6.45, 7) is 1.93. The minimum Gasteiger partial charge on any atom is -0.793 e. The standard InChI is InChI=1S/C14H20O3S.H2N.W/c1-11-9-12(5-3-4-8-18)6-7-13(11)17-10-14(15)16-2;;/h6-7,9,18H,3-5,8,10H2,1-2H3;1H2;/q;-1;+2/p-1. The number of hydrogen-bond donors (Lipinski definition) is 0. The van der Waals surface area contributed by atoms with Crippen molar-refractivity contribution < 1.29 is 35.3 Å². The first-order chi connectivity index (χ1) is 8.67. The Morgan fingerprint density at radius 2 is 2.00 bits per heavy atom. The van der Waals surface area contributed by atoms with Crippen LogP contribution in [0.1, 0.15) is 24.0 Å². The number of ether oxygens (including phenoxy) is 2. The summed E-state index contributed by atoms with van der Waals surface area (Å²) < 4.78 is 9.91. The second-order valence-corrected chi connectivity index (χ2v) is 4.53. The first kappa shape index (κ1) is 21.8. The van der Waals surface area contributed by atoms with Crippen molar-refractivity contribution in [1.82, 2.24) is 0 Å². The van der Waals surface area contributed by atoms with Crippen molar-refractivity contribution in [3.05, 3.63) is 35.5 Å². The molecule has 4 nitrogen and oxygen atoms in total. The third kappa shape index (κ3) is 7.93. The molecule has 0 unspecified atom stereocenters. The molecule has 0 spiro atoms. The zero-order chi connectivity index (χ0) is 13.4. The SMILES string of the molecule is COC(=O)COc1ccc(CCCC[S-])cc1C.[NH2-].[W+2]. The van der Waals surface area contributed by atoms with Gasteiger partial charge in [-0.1, -0.05) is 25.0 Å². The van der Waals surface area contributed by atoms with E-state index in [1.165, 1.54) is 12.7 Å². The minimum absolute atomic E-state index is 0. The number of nitrogens with two attached hydrogens (primary N) is 1. The van der Waals surface area contributed by atoms with Gasteiger partial charge in [-0.2, -0.15) is 5.75 Å². The number of hydrogen-bond acceptors (Lipinski definition) is 4. The molecule has 0 aliphatic rings. The second kappa shape index (κ2) is 12.2. The normalized spacial score (nSPS) is 9.15. The summed E-state index contributed by atoms with van der Waals surface area (Å²) in [6.07, 6.45) is 3.23. The molecule has 0 aliphatic carbocycles. The van der Waals surface area contributed by atoms with Crippen LogP contribution in [0.3, 0.4) is 0 Å². The van der Waals surface area contributed by atoms with Crippen LogP contribution in [0.2, 0.25) is 0 Å². The van der Waals surface area contributed by atoms with Crippen LogP contribution in [0.25, 0.3) is 6.15 Å². The molecule has 0 atom stereocenters. The topological polar surface area (TPSA) is 69.0 Å². The Bertz CT molecular complexity index is 402. The molecule has 0 fully saturated rings. The molecule has 0 aromatic heterocycles. The molecule has 0 saturated heterocycles. The van der Waals surface area contributed by atoms with Crippen molar-refractivity contribution in [2.75, 3.05) is 19.5 Å². The Balaban J connectivity index is 0. The van der Waals surface area contributed by atoms with E-state index in [9.17, 15) is 4.79 Å². The molecule has 0 amide bonds. The number of methoxy groups -OCH3 is 1. The summed E-state index contributed by atoms with van der Waals surface area (Å²) in [5, 5.41) is 0. The average molecular weight is 467 g/mol. The summed E-state index contributed by atoms with van der Waals surface area (Å²) in [5.41, 5.74) is 2.32. The van der Waals surface area contributed by atoms with Gasteiger partial charge in [-0.05, 0) is 30.5 Å². The van der Waals surface area contributed by atoms with Crippen molar-refractivity contribution in [2.45, 2.75) is 26.2 Å². The van der Waals surface area contributed by atoms with Crippen molar-refractivity contribution in [3.63, 3.8) is 0 Å². The fraction of sp³-hybridized carbons (Fsp3) is 0.500. The Kier molecular flexibility index (Phi) is 13.3. The third-order valence-electron chi connectivity index (χ3n) is 2.67. The molecule has 0 bridgehead atoms. The maximum Gasteiger partial charge on any atom is 2.00 e. The van der Waals surface area contributed by atoms with Gasteiger partial charge < -0.3 is 28.3 Å². The molecule has 6 heteroatoms. The number of carbonyl (C=O) groups excluding carboxylic acids is 1. The van der Waals surface area contributed by atoms with Crippen LogP contribution in [0.15, 0.2) is 18.2 Å². The second-order valence-electron chi connectivity index (χ2n) is 4.13. The summed E-state index contributed by atoms with van der Waals surface area (Å²) in [5.74, 6) is 1.18. The Morgan fingerprint density at radius 3 is 2.55 bits per heavy atom. The van der Waals surface area contributed by atoms with E-state index in [4.69, 9.17) is 17.4 Å². The van der Waals surface area contributed by atoms with Crippen LogP contribution in [0.4, 0.5) is 0 Å². The molecule has 1 rings (SSSR count). The third-order valence-corrected chi connectivity index (χ3v) is 2.96. The fourth-order valence-electron chi connectivity index (χ4n) is 1.66. The number of carbonyl (C=O) groups is 1. The summed E-state index contributed by atoms with van der Waals surface area (Å²) >= 11 is 4.92. The van der Waals surface area contributed by atoms with Gasteiger partial charge in [0.15, 0.2) is 6.61 Å². The number of unbranched alkanes of at least 4 members (excludes halogenated alkanes) is 1. The number of benzene rings is 1. The molecule has 0 aliphatic heterocycles. The monoisotopic (exact) mass is 467 g/mol. The van der Waals surface area contributed by atoms with E-state index in [2.05, 4.69) is 10.8 Å². The van der Waals surface area contributed by atoms with Gasteiger partial charge in [0.05, 0.1) is 7.11 Å². The maximum atomic E-state index is 11.0. The van der Waals surface area contributed by atoms with Crippen LogP contribution in [-0.2, 0) is 49.6 Å². The van der Waals surface area contributed by atoms with E-state index in [0.29, 0.717) is 0 Å². The van der Waals surface area contributed by atoms with Crippen molar-refractivity contribution in [1.29, 1.82) is 0 Å². The van der Waals surface area contributed by atoms with E-state index in [0.717, 1.165) is 36.3 Å². The van der Waals surface area contributed by atoms with Gasteiger partial charge in [0, 0.05) is 0 Å². The van der Waals surface area contributed by atoms with E-state index in [1.807, 2.05) is 19.1 Å². The quantitative estimate of drug-likeness (QED) is 0.351. The Hall–Kier alpha value is -0.512. The van der Waals surface area contributed by atoms with Gasteiger partial charge in [0.2, 0.25) is 0 Å². The summed E-state index contributed by atoms with van der Waals surface area (Å²) in [4.78, 5) is 11.0. The van der Waals surface area contributed by atoms with Gasteiger partial charge in [-0.15, -0.1) is 0 Å². The zero-order valence-electron chi connectivity index (χ0n) is 11.9. The zero-order valence-corrected chi connectivity index (χ0v) is 15.6. The van der Waals surface area contributed by atoms with Crippen LogP contribution in [0.5, 0.6) is 5.75 Å². The van der Waals surface area contributed by atoms with Crippen LogP contribution in [-0.4, -0.2) is 25.4 Å². The molecular weight excluding hydrogens is 446 g/mol. The van der Waals surface area contributed by atoms with Gasteiger partial charge in [0.25, 0.3) is 0 Å². The van der Waals surface area contributed by atoms with Crippen LogP contribution < -0.4 is 4.74 Å². The van der Waals surface area contributed by atoms with Crippen molar-refractivity contribution in [3.8, 4) is 5.75 Å². The first-order valence-electron chi connectivity index (χ1n) is 6.04. The van der Waals surface area contributed by atoms with Gasteiger partial charge in [-0.25, -0.2) is 4.79 Å². The fourth-order valence-corrected chi connectivity index (χ4v) is 1.86. The maximum absolute atomic E-state index is 11.0. The molecule has 0 radical (unpaired) electrons. The number of esters is 1. The predicted molar refractivity (Wildman–Crippen MR) is 79.1 cm³/mol. The first-order valence-corrected chi connectivity index (χ1v) is 6.62. The van der Waals surface area contributed by atoms with E-state index in [-0.39, 0.29) is 39.8 Å².